The number of nitrogens with one attached hydrogen (secondary N) is 1. The molecule has 0 aliphatic carbocycles. The molecule has 0 amide bonds. The van der Waals surface area contributed by atoms with Crippen LogP contribution in [0.1, 0.15) is 25.1 Å². The molecular formula is C14H23ClN4O2S. The fourth-order valence-corrected chi connectivity index (χ4v) is 5.58. The van der Waals surface area contributed by atoms with Gasteiger partial charge in [-0.05, 0) is 25.9 Å². The molecule has 2 unspecified atom stereocenters. The van der Waals surface area contributed by atoms with E-state index in [1.165, 1.54) is 6.42 Å². The van der Waals surface area contributed by atoms with Gasteiger partial charge in [-0.3, -0.25) is 4.90 Å². The predicted molar refractivity (Wildman–Crippen MR) is 86.7 cm³/mol. The van der Waals surface area contributed by atoms with E-state index >= 15 is 0 Å². The van der Waals surface area contributed by atoms with Crippen LogP contribution in [0.4, 0.5) is 0 Å². The molecule has 1 N–H and O–H groups in total. The highest BCUT2D eigenvalue weighted by molar-refractivity contribution is 7.91. The summed E-state index contributed by atoms with van der Waals surface area (Å²) < 4.78 is 25.9. The zero-order valence-electron chi connectivity index (χ0n) is 12.8. The van der Waals surface area contributed by atoms with E-state index in [9.17, 15) is 8.42 Å². The number of likely N-dealkylation sites (tertiary alicyclic amines) is 1. The van der Waals surface area contributed by atoms with Crippen molar-refractivity contribution in [1.29, 1.82) is 0 Å². The standard InChI is InChI=1S/C14H23ClN4O2S/c1-18-13(15)7-17-14(18)8-16-11-9-22(20,21)10-12(11)19-5-3-2-4-6-19/h7,11-12,16H,2-6,8-10H2,1H3. The first-order chi connectivity index (χ1) is 10.5. The third-order valence-corrected chi connectivity index (χ3v) is 6.80. The Kier molecular flexibility index (Phi) is 4.77. The van der Waals surface area contributed by atoms with Crippen molar-refractivity contribution in [2.75, 3.05) is 24.6 Å². The summed E-state index contributed by atoms with van der Waals surface area (Å²) in [5.74, 6) is 1.31. The predicted octanol–water partition coefficient (Wildman–Crippen LogP) is 0.815. The minimum absolute atomic E-state index is 0.0291. The summed E-state index contributed by atoms with van der Waals surface area (Å²) in [6, 6.07) is 0.0552. The lowest BCUT2D eigenvalue weighted by atomic mass is 10.1. The number of imidazole rings is 1. The quantitative estimate of drug-likeness (QED) is 0.874. The normalized spacial score (nSPS) is 29.0. The van der Waals surface area contributed by atoms with Crippen LogP contribution in [0.15, 0.2) is 6.20 Å². The number of aromatic nitrogens is 2. The molecule has 2 fully saturated rings. The maximum atomic E-state index is 12.1. The van der Waals surface area contributed by atoms with Crippen molar-refractivity contribution in [2.24, 2.45) is 7.05 Å². The molecule has 2 aliphatic rings. The first-order valence-electron chi connectivity index (χ1n) is 7.80. The molecule has 124 valence electrons. The Bertz CT molecular complexity index is 625. The van der Waals surface area contributed by atoms with Crippen LogP contribution in [0, 0.1) is 0 Å². The molecule has 8 heteroatoms. The van der Waals surface area contributed by atoms with Crippen LogP contribution in [0.5, 0.6) is 0 Å². The van der Waals surface area contributed by atoms with Gasteiger partial charge in [0.1, 0.15) is 11.0 Å². The van der Waals surface area contributed by atoms with Gasteiger partial charge in [-0.15, -0.1) is 0 Å². The molecule has 2 atom stereocenters. The second-order valence-corrected chi connectivity index (χ2v) is 8.83. The molecule has 0 saturated carbocycles. The van der Waals surface area contributed by atoms with E-state index in [1.807, 2.05) is 11.6 Å². The second kappa shape index (κ2) is 6.47. The summed E-state index contributed by atoms with van der Waals surface area (Å²) in [5, 5.41) is 3.98. The van der Waals surface area contributed by atoms with E-state index < -0.39 is 9.84 Å². The lowest BCUT2D eigenvalue weighted by molar-refractivity contribution is 0.154. The first kappa shape index (κ1) is 16.2. The topological polar surface area (TPSA) is 67.2 Å². The van der Waals surface area contributed by atoms with Crippen LogP contribution in [0.2, 0.25) is 5.15 Å². The van der Waals surface area contributed by atoms with Crippen LogP contribution >= 0.6 is 11.6 Å². The largest absolute Gasteiger partial charge is 0.321 e. The molecule has 0 spiro atoms. The highest BCUT2D eigenvalue weighted by Gasteiger charge is 2.40. The van der Waals surface area contributed by atoms with Crippen LogP contribution < -0.4 is 5.32 Å². The van der Waals surface area contributed by atoms with E-state index in [2.05, 4.69) is 15.2 Å². The van der Waals surface area contributed by atoms with E-state index in [0.29, 0.717) is 11.7 Å². The van der Waals surface area contributed by atoms with Gasteiger partial charge in [-0.2, -0.15) is 0 Å². The van der Waals surface area contributed by atoms with E-state index in [4.69, 9.17) is 11.6 Å². The maximum absolute atomic E-state index is 12.1. The zero-order chi connectivity index (χ0) is 15.7. The van der Waals surface area contributed by atoms with Crippen molar-refractivity contribution in [1.82, 2.24) is 19.8 Å². The van der Waals surface area contributed by atoms with Gasteiger partial charge in [-0.1, -0.05) is 18.0 Å². The number of hydrogen-bond acceptors (Lipinski definition) is 5. The molecule has 1 aromatic heterocycles. The zero-order valence-corrected chi connectivity index (χ0v) is 14.4. The molecule has 2 aliphatic heterocycles. The Morgan fingerprint density at radius 2 is 2.05 bits per heavy atom. The highest BCUT2D eigenvalue weighted by Crippen LogP contribution is 2.22. The van der Waals surface area contributed by atoms with Gasteiger partial charge in [0.25, 0.3) is 0 Å². The van der Waals surface area contributed by atoms with Crippen molar-refractivity contribution in [3.8, 4) is 0 Å². The van der Waals surface area contributed by atoms with Gasteiger partial charge in [0.2, 0.25) is 0 Å². The van der Waals surface area contributed by atoms with E-state index in [-0.39, 0.29) is 23.6 Å². The van der Waals surface area contributed by atoms with Crippen LogP contribution in [0.25, 0.3) is 0 Å². The fourth-order valence-electron chi connectivity index (χ4n) is 3.44. The van der Waals surface area contributed by atoms with Crippen LogP contribution in [-0.4, -0.2) is 59.5 Å². The summed E-state index contributed by atoms with van der Waals surface area (Å²) in [7, 11) is -1.10. The van der Waals surface area contributed by atoms with Gasteiger partial charge < -0.3 is 9.88 Å². The third-order valence-electron chi connectivity index (χ3n) is 4.73. The molecule has 0 bridgehead atoms. The van der Waals surface area contributed by atoms with Crippen molar-refractivity contribution in [3.63, 3.8) is 0 Å². The summed E-state index contributed by atoms with van der Waals surface area (Å²) in [6.07, 6.45) is 5.20. The SMILES string of the molecule is Cn1c(Cl)cnc1CNC1CS(=O)(=O)CC1N1CCCCC1. The number of sulfone groups is 1. The Morgan fingerprint density at radius 1 is 1.32 bits per heavy atom. The van der Waals surface area contributed by atoms with Crippen LogP contribution in [0.3, 0.4) is 0 Å². The van der Waals surface area contributed by atoms with Crippen LogP contribution in [-0.2, 0) is 23.4 Å². The van der Waals surface area contributed by atoms with Crippen molar-refractivity contribution < 1.29 is 8.42 Å². The monoisotopic (exact) mass is 346 g/mol. The third kappa shape index (κ3) is 3.48. The average molecular weight is 347 g/mol. The smallest absolute Gasteiger partial charge is 0.153 e. The Balaban J connectivity index is 1.68. The lowest BCUT2D eigenvalue weighted by Gasteiger charge is -2.35. The number of rotatable bonds is 4. The summed E-state index contributed by atoms with van der Waals surface area (Å²) in [4.78, 5) is 6.60. The molecule has 2 saturated heterocycles. The Morgan fingerprint density at radius 3 is 2.68 bits per heavy atom. The van der Waals surface area contributed by atoms with Crippen molar-refractivity contribution in [3.05, 3.63) is 17.2 Å². The maximum Gasteiger partial charge on any atom is 0.153 e. The lowest BCUT2D eigenvalue weighted by Crippen LogP contribution is -2.50. The van der Waals surface area contributed by atoms with Gasteiger partial charge in [-0.25, -0.2) is 13.4 Å². The number of halogens is 1. The number of piperidine rings is 1. The summed E-state index contributed by atoms with van der Waals surface area (Å²) in [6.45, 7) is 2.55. The summed E-state index contributed by atoms with van der Waals surface area (Å²) >= 11 is 5.99. The highest BCUT2D eigenvalue weighted by atomic mass is 35.5. The van der Waals surface area contributed by atoms with Gasteiger partial charge in [0, 0.05) is 19.1 Å². The molecule has 3 heterocycles. The fraction of sp³-hybridized carbons (Fsp3) is 0.786. The number of nitrogens with zero attached hydrogens (tertiary/aromatic N) is 3. The minimum Gasteiger partial charge on any atom is -0.321 e. The number of hydrogen-bond donors (Lipinski definition) is 1. The van der Waals surface area contributed by atoms with Crippen molar-refractivity contribution >= 4 is 21.4 Å². The molecule has 0 aromatic carbocycles. The van der Waals surface area contributed by atoms with E-state index in [0.717, 1.165) is 31.8 Å². The van der Waals surface area contributed by atoms with Gasteiger partial charge >= 0.3 is 0 Å². The first-order valence-corrected chi connectivity index (χ1v) is 10.0. The molecule has 1 aromatic rings. The molecule has 22 heavy (non-hydrogen) atoms. The van der Waals surface area contributed by atoms with E-state index in [1.54, 1.807) is 6.20 Å². The Hall–Kier alpha value is -0.630. The Labute approximate surface area is 136 Å². The second-order valence-electron chi connectivity index (χ2n) is 6.28. The molecule has 3 rings (SSSR count). The molecule has 0 radical (unpaired) electrons. The average Bonchev–Trinajstić information content (AvgIpc) is 2.98. The van der Waals surface area contributed by atoms with Crippen molar-refractivity contribution in [2.45, 2.75) is 37.9 Å². The van der Waals surface area contributed by atoms with Gasteiger partial charge in [0.15, 0.2) is 9.84 Å². The van der Waals surface area contributed by atoms with Gasteiger partial charge in [0.05, 0.1) is 24.2 Å². The molecular weight excluding hydrogens is 324 g/mol. The minimum atomic E-state index is -2.96. The molecule has 6 nitrogen and oxygen atoms in total. The summed E-state index contributed by atoms with van der Waals surface area (Å²) in [5.41, 5.74) is 0.